The molecule has 0 spiro atoms. The maximum atomic E-state index is 5.19. The average molecular weight is 489 g/mol. The van der Waals surface area contributed by atoms with Crippen molar-refractivity contribution in [3.63, 3.8) is 0 Å². The lowest BCUT2D eigenvalue weighted by Gasteiger charge is -2.12. The van der Waals surface area contributed by atoms with Gasteiger partial charge in [-0.3, -0.25) is 0 Å². The smallest absolute Gasteiger partial charge is 0.160 e. The van der Waals surface area contributed by atoms with E-state index in [1.54, 1.807) is 0 Å². The molecule has 3 heteroatoms. The van der Waals surface area contributed by atoms with E-state index in [1.807, 2.05) is 17.4 Å². The molecule has 0 unspecified atom stereocenters. The lowest BCUT2D eigenvalue weighted by molar-refractivity contribution is 1.24. The Hall–Kier alpha value is -4.60. The highest BCUT2D eigenvalue weighted by atomic mass is 32.1. The fourth-order valence-electron chi connectivity index (χ4n) is 5.49. The lowest BCUT2D eigenvalue weighted by atomic mass is 9.99. The highest BCUT2D eigenvalue weighted by molar-refractivity contribution is 7.26. The minimum absolute atomic E-state index is 0.751. The fourth-order valence-corrected chi connectivity index (χ4v) is 6.61. The van der Waals surface area contributed by atoms with E-state index in [-0.39, 0.29) is 0 Å². The second kappa shape index (κ2) is 7.95. The average Bonchev–Trinajstić information content (AvgIpc) is 3.36. The van der Waals surface area contributed by atoms with Crippen LogP contribution in [-0.2, 0) is 0 Å². The minimum Gasteiger partial charge on any atom is -0.227 e. The van der Waals surface area contributed by atoms with E-state index in [0.717, 1.165) is 38.9 Å². The van der Waals surface area contributed by atoms with Crippen molar-refractivity contribution in [2.24, 2.45) is 0 Å². The molecule has 0 saturated carbocycles. The number of fused-ring (bicyclic) bond motifs is 8. The predicted molar refractivity (Wildman–Crippen MR) is 158 cm³/mol. The van der Waals surface area contributed by atoms with Crippen molar-refractivity contribution >= 4 is 64.0 Å². The van der Waals surface area contributed by atoms with E-state index in [2.05, 4.69) is 115 Å². The van der Waals surface area contributed by atoms with Crippen LogP contribution < -0.4 is 0 Å². The zero-order valence-corrected chi connectivity index (χ0v) is 20.7. The van der Waals surface area contributed by atoms with E-state index >= 15 is 0 Å². The molecule has 172 valence electrons. The first-order chi connectivity index (χ1) is 18.3. The molecule has 0 aliphatic carbocycles. The number of aromatic nitrogens is 2. The number of nitrogens with zero attached hydrogens (tertiary/aromatic N) is 2. The Morgan fingerprint density at radius 3 is 2.11 bits per heavy atom. The lowest BCUT2D eigenvalue weighted by Crippen LogP contribution is -1.96. The highest BCUT2D eigenvalue weighted by Gasteiger charge is 2.15. The Labute approximate surface area is 217 Å². The Bertz CT molecular complexity index is 2140. The van der Waals surface area contributed by atoms with Crippen LogP contribution in [0.1, 0.15) is 0 Å². The van der Waals surface area contributed by atoms with E-state index < -0.39 is 0 Å². The van der Waals surface area contributed by atoms with Gasteiger partial charge >= 0.3 is 0 Å². The van der Waals surface area contributed by atoms with Gasteiger partial charge in [-0.1, -0.05) is 97.1 Å². The summed E-state index contributed by atoms with van der Waals surface area (Å²) in [4.78, 5) is 10.4. The monoisotopic (exact) mass is 488 g/mol. The summed E-state index contributed by atoms with van der Waals surface area (Å²) in [5, 5.41) is 8.50. The summed E-state index contributed by atoms with van der Waals surface area (Å²) < 4.78 is 2.62. The molecule has 0 radical (unpaired) electrons. The van der Waals surface area contributed by atoms with Gasteiger partial charge < -0.3 is 0 Å². The van der Waals surface area contributed by atoms with Gasteiger partial charge in [-0.15, -0.1) is 11.3 Å². The number of benzene rings is 6. The van der Waals surface area contributed by atoms with Crippen LogP contribution in [0.25, 0.3) is 75.3 Å². The molecule has 6 aromatic carbocycles. The highest BCUT2D eigenvalue weighted by Crippen LogP contribution is 2.40. The Balaban J connectivity index is 1.46. The van der Waals surface area contributed by atoms with Crippen LogP contribution in [0.15, 0.2) is 121 Å². The Kier molecular flexibility index (Phi) is 4.42. The molecule has 8 aromatic rings. The summed E-state index contributed by atoms with van der Waals surface area (Å²) >= 11 is 1.85. The maximum Gasteiger partial charge on any atom is 0.160 e. The third-order valence-corrected chi connectivity index (χ3v) is 8.39. The van der Waals surface area contributed by atoms with Gasteiger partial charge in [0.2, 0.25) is 0 Å². The first-order valence-electron chi connectivity index (χ1n) is 12.4. The van der Waals surface area contributed by atoms with Crippen molar-refractivity contribution < 1.29 is 0 Å². The molecule has 2 heterocycles. The summed E-state index contributed by atoms with van der Waals surface area (Å²) in [6, 6.07) is 43.0. The number of hydrogen-bond donors (Lipinski definition) is 0. The molecule has 37 heavy (non-hydrogen) atoms. The molecule has 0 saturated heterocycles. The van der Waals surface area contributed by atoms with Gasteiger partial charge in [0, 0.05) is 42.1 Å². The third-order valence-electron chi connectivity index (χ3n) is 7.26. The van der Waals surface area contributed by atoms with Crippen LogP contribution in [0.4, 0.5) is 0 Å². The van der Waals surface area contributed by atoms with Crippen molar-refractivity contribution in [1.29, 1.82) is 0 Å². The van der Waals surface area contributed by atoms with E-state index in [9.17, 15) is 0 Å². The van der Waals surface area contributed by atoms with Crippen molar-refractivity contribution in [3.8, 4) is 22.6 Å². The maximum absolute atomic E-state index is 5.19. The molecule has 0 amide bonds. The Morgan fingerprint density at radius 2 is 1.19 bits per heavy atom. The van der Waals surface area contributed by atoms with E-state index in [1.165, 1.54) is 36.3 Å². The number of hydrogen-bond acceptors (Lipinski definition) is 3. The van der Waals surface area contributed by atoms with Crippen molar-refractivity contribution in [2.45, 2.75) is 0 Å². The van der Waals surface area contributed by atoms with Gasteiger partial charge in [0.15, 0.2) is 5.82 Å². The zero-order chi connectivity index (χ0) is 24.3. The zero-order valence-electron chi connectivity index (χ0n) is 19.8. The first kappa shape index (κ1) is 20.6. The predicted octanol–water partition coefficient (Wildman–Crippen LogP) is 9.64. The molecule has 0 fully saturated rings. The van der Waals surface area contributed by atoms with E-state index in [0.29, 0.717) is 0 Å². The van der Waals surface area contributed by atoms with Crippen molar-refractivity contribution in [1.82, 2.24) is 9.97 Å². The van der Waals surface area contributed by atoms with Gasteiger partial charge in [-0.2, -0.15) is 0 Å². The van der Waals surface area contributed by atoms with Gasteiger partial charge in [0.05, 0.1) is 11.2 Å². The van der Waals surface area contributed by atoms with Crippen LogP contribution >= 0.6 is 11.3 Å². The summed E-state index contributed by atoms with van der Waals surface area (Å²) in [6.07, 6.45) is 0. The summed E-state index contributed by atoms with van der Waals surface area (Å²) in [6.45, 7) is 0. The Morgan fingerprint density at radius 1 is 0.459 bits per heavy atom. The first-order valence-corrected chi connectivity index (χ1v) is 13.2. The van der Waals surface area contributed by atoms with Gasteiger partial charge in [-0.05, 0) is 40.4 Å². The van der Waals surface area contributed by atoms with Crippen LogP contribution in [0.2, 0.25) is 0 Å². The van der Waals surface area contributed by atoms with Crippen LogP contribution in [-0.4, -0.2) is 9.97 Å². The van der Waals surface area contributed by atoms with Crippen molar-refractivity contribution in [2.75, 3.05) is 0 Å². The fraction of sp³-hybridized carbons (Fsp3) is 0. The SMILES string of the molecule is c1ccc(-c2nc(-c3ccc4ccc5sc6ccccc6c5c4c3)nc3c2ccc2ccccc23)cc1. The molecular formula is C34H20N2S. The second-order valence-corrected chi connectivity index (χ2v) is 10.5. The molecular weight excluding hydrogens is 468 g/mol. The number of thiophene rings is 1. The topological polar surface area (TPSA) is 25.8 Å². The van der Waals surface area contributed by atoms with Gasteiger partial charge in [0.1, 0.15) is 0 Å². The van der Waals surface area contributed by atoms with E-state index in [4.69, 9.17) is 9.97 Å². The quantitative estimate of drug-likeness (QED) is 0.226. The third kappa shape index (κ3) is 3.18. The molecule has 0 bridgehead atoms. The standard InChI is InChI=1S/C34H20N2S/c1-2-9-23(10-3-1)32-27-18-16-21-8-4-5-11-25(21)33(27)36-34(35-32)24-15-14-22-17-19-30-31(28(22)20-24)26-12-6-7-13-29(26)37-30/h1-20H. The summed E-state index contributed by atoms with van der Waals surface area (Å²) in [5.74, 6) is 0.751. The van der Waals surface area contributed by atoms with Crippen LogP contribution in [0.5, 0.6) is 0 Å². The van der Waals surface area contributed by atoms with Gasteiger partial charge in [0.25, 0.3) is 0 Å². The molecule has 8 rings (SSSR count). The molecule has 0 aliphatic heterocycles. The van der Waals surface area contributed by atoms with Crippen LogP contribution in [0.3, 0.4) is 0 Å². The normalized spacial score (nSPS) is 11.8. The molecule has 0 atom stereocenters. The molecule has 0 aliphatic rings. The molecule has 2 aromatic heterocycles. The summed E-state index contributed by atoms with van der Waals surface area (Å²) in [5.41, 5.74) is 4.08. The molecule has 0 N–H and O–H groups in total. The van der Waals surface area contributed by atoms with Crippen molar-refractivity contribution in [3.05, 3.63) is 121 Å². The second-order valence-electron chi connectivity index (χ2n) is 9.42. The largest absolute Gasteiger partial charge is 0.227 e. The summed E-state index contributed by atoms with van der Waals surface area (Å²) in [7, 11) is 0. The molecule has 2 nitrogen and oxygen atoms in total. The van der Waals surface area contributed by atoms with Gasteiger partial charge in [-0.25, -0.2) is 9.97 Å². The van der Waals surface area contributed by atoms with Crippen LogP contribution in [0, 0.1) is 0 Å². The number of rotatable bonds is 2. The minimum atomic E-state index is 0.751.